The van der Waals surface area contributed by atoms with Crippen molar-refractivity contribution in [2.75, 3.05) is 13.4 Å². The van der Waals surface area contributed by atoms with Crippen LogP contribution in [0.15, 0.2) is 17.0 Å². The Hall–Kier alpha value is -1.16. The molecule has 1 rings (SSSR count). The molecule has 0 spiro atoms. The third kappa shape index (κ3) is 1.85. The van der Waals surface area contributed by atoms with Crippen molar-refractivity contribution >= 4 is 17.7 Å². The van der Waals surface area contributed by atoms with Gasteiger partial charge in [0.2, 0.25) is 0 Å². The summed E-state index contributed by atoms with van der Waals surface area (Å²) < 4.78 is 5.09. The number of carboxylic acid groups (broad SMARTS) is 1. The molecule has 0 unspecified atom stereocenters. The number of carbonyl (C=O) groups is 1. The Bertz CT molecular complexity index is 361. The summed E-state index contributed by atoms with van der Waals surface area (Å²) in [5.74, 6) is -0.501. The molecule has 0 bridgehead atoms. The Balaban J connectivity index is 3.43. The highest BCUT2D eigenvalue weighted by molar-refractivity contribution is 7.98. The molecule has 76 valence electrons. The van der Waals surface area contributed by atoms with Crippen molar-refractivity contribution in [1.82, 2.24) is 0 Å². The molecule has 0 aliphatic heterocycles. The first kappa shape index (κ1) is 10.9. The zero-order valence-corrected chi connectivity index (χ0v) is 9.14. The van der Waals surface area contributed by atoms with E-state index in [1.807, 2.05) is 19.2 Å². The fourth-order valence-corrected chi connectivity index (χ4v) is 1.89. The number of methoxy groups -OCH3 is 1. The maximum atomic E-state index is 11.0. The lowest BCUT2D eigenvalue weighted by atomic mass is 10.1. The molecule has 0 heterocycles. The Morgan fingerprint density at radius 3 is 2.57 bits per heavy atom. The number of aryl methyl sites for hydroxylation is 1. The topological polar surface area (TPSA) is 46.5 Å². The van der Waals surface area contributed by atoms with E-state index in [1.54, 1.807) is 6.07 Å². The number of hydrogen-bond acceptors (Lipinski definition) is 3. The summed E-state index contributed by atoms with van der Waals surface area (Å²) in [5, 5.41) is 9.04. The van der Waals surface area contributed by atoms with E-state index in [2.05, 4.69) is 0 Å². The number of aromatic carboxylic acids is 1. The van der Waals surface area contributed by atoms with E-state index in [1.165, 1.54) is 18.9 Å². The largest absolute Gasteiger partial charge is 0.496 e. The Morgan fingerprint density at radius 1 is 1.50 bits per heavy atom. The van der Waals surface area contributed by atoms with Gasteiger partial charge in [-0.3, -0.25) is 0 Å². The summed E-state index contributed by atoms with van der Waals surface area (Å²) in [5.41, 5.74) is 1.09. The quantitative estimate of drug-likeness (QED) is 0.782. The van der Waals surface area contributed by atoms with Crippen molar-refractivity contribution in [3.63, 3.8) is 0 Å². The zero-order valence-electron chi connectivity index (χ0n) is 8.33. The van der Waals surface area contributed by atoms with Crippen LogP contribution in [0.4, 0.5) is 0 Å². The average Bonchev–Trinajstić information content (AvgIpc) is 2.17. The monoisotopic (exact) mass is 212 g/mol. The molecule has 0 radical (unpaired) electrons. The van der Waals surface area contributed by atoms with Crippen molar-refractivity contribution in [2.45, 2.75) is 11.8 Å². The SMILES string of the molecule is COc1c(C)ccc(SC)c1C(=O)O. The van der Waals surface area contributed by atoms with E-state index in [9.17, 15) is 4.79 Å². The standard InChI is InChI=1S/C10H12O3S/c1-6-4-5-7(14-3)8(10(11)12)9(6)13-2/h4-5H,1-3H3,(H,11,12). The molecule has 0 aromatic heterocycles. The first-order valence-electron chi connectivity index (χ1n) is 4.06. The molecule has 0 amide bonds. The molecule has 4 heteroatoms. The van der Waals surface area contributed by atoms with Crippen LogP contribution >= 0.6 is 11.8 Å². The van der Waals surface area contributed by atoms with Crippen molar-refractivity contribution in [2.24, 2.45) is 0 Å². The first-order valence-corrected chi connectivity index (χ1v) is 5.29. The van der Waals surface area contributed by atoms with E-state index in [4.69, 9.17) is 9.84 Å². The summed E-state index contributed by atoms with van der Waals surface area (Å²) in [7, 11) is 1.48. The van der Waals surface area contributed by atoms with Gasteiger partial charge in [0.15, 0.2) is 0 Å². The van der Waals surface area contributed by atoms with Crippen LogP contribution in [-0.2, 0) is 0 Å². The number of carboxylic acids is 1. The van der Waals surface area contributed by atoms with Gasteiger partial charge in [-0.2, -0.15) is 0 Å². The Kier molecular flexibility index (Phi) is 3.41. The molecular weight excluding hydrogens is 200 g/mol. The molecule has 14 heavy (non-hydrogen) atoms. The Morgan fingerprint density at radius 2 is 2.14 bits per heavy atom. The fourth-order valence-electron chi connectivity index (χ4n) is 1.30. The number of rotatable bonds is 3. The van der Waals surface area contributed by atoms with E-state index >= 15 is 0 Å². The summed E-state index contributed by atoms with van der Waals surface area (Å²) in [6.45, 7) is 1.83. The van der Waals surface area contributed by atoms with Crippen molar-refractivity contribution in [3.05, 3.63) is 23.3 Å². The van der Waals surface area contributed by atoms with Gasteiger partial charge in [0, 0.05) is 4.90 Å². The minimum Gasteiger partial charge on any atom is -0.496 e. The first-order chi connectivity index (χ1) is 6.61. The summed E-state index contributed by atoms with van der Waals surface area (Å²) >= 11 is 1.40. The zero-order chi connectivity index (χ0) is 10.7. The van der Waals surface area contributed by atoms with Crippen LogP contribution in [0.3, 0.4) is 0 Å². The molecule has 3 nitrogen and oxygen atoms in total. The minimum absolute atomic E-state index is 0.250. The molecule has 0 aliphatic carbocycles. The average molecular weight is 212 g/mol. The third-order valence-corrected chi connectivity index (χ3v) is 2.73. The van der Waals surface area contributed by atoms with Crippen molar-refractivity contribution in [1.29, 1.82) is 0 Å². The van der Waals surface area contributed by atoms with Gasteiger partial charge in [0.1, 0.15) is 11.3 Å². The lowest BCUT2D eigenvalue weighted by Gasteiger charge is -2.11. The van der Waals surface area contributed by atoms with Gasteiger partial charge in [0.05, 0.1) is 7.11 Å². The van der Waals surface area contributed by atoms with E-state index in [-0.39, 0.29) is 5.56 Å². The van der Waals surface area contributed by atoms with Gasteiger partial charge in [-0.25, -0.2) is 4.79 Å². The van der Waals surface area contributed by atoms with Crippen LogP contribution in [0, 0.1) is 6.92 Å². The second-order valence-electron chi connectivity index (χ2n) is 2.80. The molecule has 1 aromatic carbocycles. The van der Waals surface area contributed by atoms with Crippen LogP contribution < -0.4 is 4.74 Å². The lowest BCUT2D eigenvalue weighted by molar-refractivity contribution is 0.0689. The summed E-state index contributed by atoms with van der Waals surface area (Å²) in [6, 6.07) is 3.66. The predicted molar refractivity (Wildman–Crippen MR) is 56.5 cm³/mol. The van der Waals surface area contributed by atoms with Crippen LogP contribution in [0.25, 0.3) is 0 Å². The van der Waals surface area contributed by atoms with E-state index in [0.29, 0.717) is 5.75 Å². The highest BCUT2D eigenvalue weighted by atomic mass is 32.2. The number of ether oxygens (including phenoxy) is 1. The highest BCUT2D eigenvalue weighted by Gasteiger charge is 2.17. The molecular formula is C10H12O3S. The van der Waals surface area contributed by atoms with Crippen molar-refractivity contribution in [3.8, 4) is 5.75 Å². The van der Waals surface area contributed by atoms with Crippen LogP contribution in [0.1, 0.15) is 15.9 Å². The Labute approximate surface area is 87.1 Å². The maximum absolute atomic E-state index is 11.0. The predicted octanol–water partition coefficient (Wildman–Crippen LogP) is 2.42. The number of thioether (sulfide) groups is 1. The fraction of sp³-hybridized carbons (Fsp3) is 0.300. The molecule has 0 fully saturated rings. The van der Waals surface area contributed by atoms with Crippen LogP contribution in [-0.4, -0.2) is 24.4 Å². The van der Waals surface area contributed by atoms with Crippen LogP contribution in [0.5, 0.6) is 5.75 Å². The van der Waals surface area contributed by atoms with Gasteiger partial charge < -0.3 is 9.84 Å². The van der Waals surface area contributed by atoms with Crippen LogP contribution in [0.2, 0.25) is 0 Å². The molecule has 1 N–H and O–H groups in total. The molecule has 0 saturated carbocycles. The van der Waals surface area contributed by atoms with E-state index in [0.717, 1.165) is 10.5 Å². The molecule has 0 saturated heterocycles. The number of benzene rings is 1. The second-order valence-corrected chi connectivity index (χ2v) is 3.65. The van der Waals surface area contributed by atoms with Crippen molar-refractivity contribution < 1.29 is 14.6 Å². The lowest BCUT2D eigenvalue weighted by Crippen LogP contribution is -2.04. The second kappa shape index (κ2) is 4.37. The van der Waals surface area contributed by atoms with E-state index < -0.39 is 5.97 Å². The highest BCUT2D eigenvalue weighted by Crippen LogP contribution is 2.31. The van der Waals surface area contributed by atoms with Gasteiger partial charge in [-0.05, 0) is 24.8 Å². The maximum Gasteiger partial charge on any atom is 0.340 e. The van der Waals surface area contributed by atoms with Gasteiger partial charge >= 0.3 is 5.97 Å². The summed E-state index contributed by atoms with van der Waals surface area (Å²) in [4.78, 5) is 11.7. The normalized spacial score (nSPS) is 9.93. The summed E-state index contributed by atoms with van der Waals surface area (Å²) in [6.07, 6.45) is 1.84. The molecule has 0 aliphatic rings. The van der Waals surface area contributed by atoms with Gasteiger partial charge in [-0.1, -0.05) is 6.07 Å². The number of hydrogen-bond donors (Lipinski definition) is 1. The van der Waals surface area contributed by atoms with Gasteiger partial charge in [0.25, 0.3) is 0 Å². The molecule has 1 aromatic rings. The molecule has 0 atom stereocenters. The minimum atomic E-state index is -0.949. The smallest absolute Gasteiger partial charge is 0.340 e. The third-order valence-electron chi connectivity index (χ3n) is 1.95. The van der Waals surface area contributed by atoms with Gasteiger partial charge in [-0.15, -0.1) is 11.8 Å².